The van der Waals surface area contributed by atoms with Crippen LogP contribution >= 0.6 is 11.6 Å². The van der Waals surface area contributed by atoms with Crippen molar-refractivity contribution in [3.8, 4) is 0 Å². The van der Waals surface area contributed by atoms with E-state index >= 15 is 0 Å². The number of aromatic nitrogens is 1. The summed E-state index contributed by atoms with van der Waals surface area (Å²) in [5.74, 6) is 1.85. The summed E-state index contributed by atoms with van der Waals surface area (Å²) < 4.78 is 0. The lowest BCUT2D eigenvalue weighted by Gasteiger charge is -2.34. The van der Waals surface area contributed by atoms with Crippen LogP contribution in [0.5, 0.6) is 0 Å². The highest BCUT2D eigenvalue weighted by Crippen LogP contribution is 2.20. The Kier molecular flexibility index (Phi) is 4.77. The third kappa shape index (κ3) is 4.48. The zero-order valence-electron chi connectivity index (χ0n) is 11.4. The maximum absolute atomic E-state index is 12.0. The molecule has 1 aliphatic heterocycles. The van der Waals surface area contributed by atoms with Crippen LogP contribution in [0, 0.1) is 11.8 Å². The van der Waals surface area contributed by atoms with Gasteiger partial charge in [-0.1, -0.05) is 25.4 Å². The number of halogens is 1. The van der Waals surface area contributed by atoms with Gasteiger partial charge in [-0.15, -0.1) is 0 Å². The second-order valence-electron chi connectivity index (χ2n) is 5.55. The normalized spacial score (nSPS) is 24.2. The fourth-order valence-electron chi connectivity index (χ4n) is 2.76. The van der Waals surface area contributed by atoms with Crippen LogP contribution in [0.25, 0.3) is 0 Å². The molecule has 2 atom stereocenters. The first-order chi connectivity index (χ1) is 9.02. The van der Waals surface area contributed by atoms with E-state index in [1.54, 1.807) is 12.1 Å². The molecule has 0 aliphatic carbocycles. The van der Waals surface area contributed by atoms with Crippen LogP contribution in [-0.4, -0.2) is 35.4 Å². The Hall–Kier alpha value is -1.13. The molecule has 1 fully saturated rings. The maximum atomic E-state index is 12.0. The molecule has 0 radical (unpaired) electrons. The molecule has 104 valence electrons. The summed E-state index contributed by atoms with van der Waals surface area (Å²) in [7, 11) is 0. The Morgan fingerprint density at radius 2 is 2.11 bits per heavy atom. The van der Waals surface area contributed by atoms with E-state index in [1.165, 1.54) is 12.6 Å². The van der Waals surface area contributed by atoms with Gasteiger partial charge in [0.2, 0.25) is 5.91 Å². The molecule has 1 aromatic rings. The highest BCUT2D eigenvalue weighted by Gasteiger charge is 2.23. The van der Waals surface area contributed by atoms with E-state index in [0.717, 1.165) is 13.1 Å². The minimum absolute atomic E-state index is 0.0175. The number of anilines is 1. The smallest absolute Gasteiger partial charge is 0.239 e. The van der Waals surface area contributed by atoms with Crippen LogP contribution in [-0.2, 0) is 4.79 Å². The lowest BCUT2D eigenvalue weighted by Crippen LogP contribution is -2.42. The van der Waals surface area contributed by atoms with Crippen LogP contribution in [0.15, 0.2) is 18.3 Å². The van der Waals surface area contributed by atoms with Crippen molar-refractivity contribution >= 4 is 23.3 Å². The van der Waals surface area contributed by atoms with E-state index in [0.29, 0.717) is 29.2 Å². The van der Waals surface area contributed by atoms with E-state index in [1.807, 2.05) is 0 Å². The Labute approximate surface area is 119 Å². The summed E-state index contributed by atoms with van der Waals surface area (Å²) in [4.78, 5) is 18.2. The Bertz CT molecular complexity index is 425. The van der Waals surface area contributed by atoms with Gasteiger partial charge < -0.3 is 5.32 Å². The van der Waals surface area contributed by atoms with E-state index in [-0.39, 0.29) is 5.91 Å². The average molecular weight is 282 g/mol. The van der Waals surface area contributed by atoms with Gasteiger partial charge in [0.05, 0.1) is 11.6 Å². The molecule has 0 spiro atoms. The Morgan fingerprint density at radius 3 is 2.68 bits per heavy atom. The molecule has 0 bridgehead atoms. The third-order valence-corrected chi connectivity index (χ3v) is 3.53. The quantitative estimate of drug-likeness (QED) is 0.926. The lowest BCUT2D eigenvalue weighted by molar-refractivity contribution is -0.117. The van der Waals surface area contributed by atoms with Gasteiger partial charge in [-0.2, -0.15) is 0 Å². The zero-order valence-corrected chi connectivity index (χ0v) is 12.2. The van der Waals surface area contributed by atoms with Crippen LogP contribution in [0.4, 0.5) is 5.82 Å². The largest absolute Gasteiger partial charge is 0.310 e. The second-order valence-corrected chi connectivity index (χ2v) is 5.99. The van der Waals surface area contributed by atoms with Crippen molar-refractivity contribution in [2.45, 2.75) is 20.3 Å². The van der Waals surface area contributed by atoms with Gasteiger partial charge in [-0.05, 0) is 30.4 Å². The first-order valence-corrected chi connectivity index (χ1v) is 7.04. The molecule has 1 aromatic heterocycles. The predicted octanol–water partition coefficient (Wildman–Crippen LogP) is 2.65. The average Bonchev–Trinajstić information content (AvgIpc) is 2.30. The highest BCUT2D eigenvalue weighted by molar-refractivity contribution is 6.30. The number of carbonyl (C=O) groups excluding carboxylic acids is 1. The number of piperidine rings is 1. The SMILES string of the molecule is CC1CC(C)CN(CC(=O)Nc2ccc(Cl)cn2)C1. The lowest BCUT2D eigenvalue weighted by atomic mass is 9.92. The molecule has 1 saturated heterocycles. The Morgan fingerprint density at radius 1 is 1.42 bits per heavy atom. The van der Waals surface area contributed by atoms with Crippen LogP contribution < -0.4 is 5.32 Å². The van der Waals surface area contributed by atoms with E-state index in [4.69, 9.17) is 11.6 Å². The van der Waals surface area contributed by atoms with E-state index in [2.05, 4.69) is 29.0 Å². The van der Waals surface area contributed by atoms with Crippen molar-refractivity contribution in [3.05, 3.63) is 23.4 Å². The Balaban J connectivity index is 1.85. The minimum atomic E-state index is -0.0175. The van der Waals surface area contributed by atoms with Crippen molar-refractivity contribution in [1.82, 2.24) is 9.88 Å². The number of pyridine rings is 1. The standard InChI is InChI=1S/C14H20ClN3O/c1-10-5-11(2)8-18(7-10)9-14(19)17-13-4-3-12(15)6-16-13/h3-4,6,10-11H,5,7-9H2,1-2H3,(H,16,17,19). The second kappa shape index (κ2) is 6.35. The molecular formula is C14H20ClN3O. The molecule has 2 unspecified atom stereocenters. The predicted molar refractivity (Wildman–Crippen MR) is 77.3 cm³/mol. The molecule has 2 rings (SSSR count). The molecule has 5 heteroatoms. The molecular weight excluding hydrogens is 262 g/mol. The van der Waals surface area contributed by atoms with Gasteiger partial charge in [0.15, 0.2) is 0 Å². The fraction of sp³-hybridized carbons (Fsp3) is 0.571. The monoisotopic (exact) mass is 281 g/mol. The third-order valence-electron chi connectivity index (χ3n) is 3.31. The fourth-order valence-corrected chi connectivity index (χ4v) is 2.87. The summed E-state index contributed by atoms with van der Waals surface area (Å²) >= 11 is 5.75. The summed E-state index contributed by atoms with van der Waals surface area (Å²) in [5.41, 5.74) is 0. The minimum Gasteiger partial charge on any atom is -0.310 e. The topological polar surface area (TPSA) is 45.2 Å². The van der Waals surface area contributed by atoms with Gasteiger partial charge >= 0.3 is 0 Å². The number of likely N-dealkylation sites (tertiary alicyclic amines) is 1. The number of hydrogen-bond acceptors (Lipinski definition) is 3. The number of carbonyl (C=O) groups is 1. The zero-order chi connectivity index (χ0) is 13.8. The molecule has 0 aromatic carbocycles. The molecule has 0 saturated carbocycles. The number of rotatable bonds is 3. The molecule has 1 N–H and O–H groups in total. The molecule has 4 nitrogen and oxygen atoms in total. The number of nitrogens with one attached hydrogen (secondary N) is 1. The maximum Gasteiger partial charge on any atom is 0.239 e. The highest BCUT2D eigenvalue weighted by atomic mass is 35.5. The van der Waals surface area contributed by atoms with Gasteiger partial charge in [0, 0.05) is 19.3 Å². The number of hydrogen-bond donors (Lipinski definition) is 1. The van der Waals surface area contributed by atoms with Gasteiger partial charge in [-0.3, -0.25) is 9.69 Å². The van der Waals surface area contributed by atoms with Crippen LogP contribution in [0.2, 0.25) is 5.02 Å². The van der Waals surface area contributed by atoms with E-state index in [9.17, 15) is 4.79 Å². The van der Waals surface area contributed by atoms with Crippen molar-refractivity contribution in [3.63, 3.8) is 0 Å². The van der Waals surface area contributed by atoms with Crippen LogP contribution in [0.3, 0.4) is 0 Å². The van der Waals surface area contributed by atoms with Crippen molar-refractivity contribution < 1.29 is 4.79 Å². The summed E-state index contributed by atoms with van der Waals surface area (Å²) in [6, 6.07) is 3.43. The molecule has 1 aliphatic rings. The van der Waals surface area contributed by atoms with Crippen molar-refractivity contribution in [1.29, 1.82) is 0 Å². The summed E-state index contributed by atoms with van der Waals surface area (Å²) in [6.45, 7) is 6.89. The summed E-state index contributed by atoms with van der Waals surface area (Å²) in [6.07, 6.45) is 2.78. The molecule has 1 amide bonds. The number of nitrogens with zero attached hydrogens (tertiary/aromatic N) is 2. The number of amides is 1. The molecule has 19 heavy (non-hydrogen) atoms. The first-order valence-electron chi connectivity index (χ1n) is 6.66. The van der Waals surface area contributed by atoms with Crippen molar-refractivity contribution in [2.75, 3.05) is 25.0 Å². The van der Waals surface area contributed by atoms with E-state index < -0.39 is 0 Å². The molecule has 2 heterocycles. The van der Waals surface area contributed by atoms with Crippen LogP contribution in [0.1, 0.15) is 20.3 Å². The van der Waals surface area contributed by atoms with Gasteiger partial charge in [0.25, 0.3) is 0 Å². The summed E-state index contributed by atoms with van der Waals surface area (Å²) in [5, 5.41) is 3.36. The van der Waals surface area contributed by atoms with Gasteiger partial charge in [0.1, 0.15) is 5.82 Å². The first kappa shape index (κ1) is 14.3. The van der Waals surface area contributed by atoms with Gasteiger partial charge in [-0.25, -0.2) is 4.98 Å². The van der Waals surface area contributed by atoms with Crippen molar-refractivity contribution in [2.24, 2.45) is 11.8 Å².